The fourth-order valence-corrected chi connectivity index (χ4v) is 4.58. The van der Waals surface area contributed by atoms with Gasteiger partial charge in [-0.15, -0.1) is 0 Å². The number of amides is 1. The van der Waals surface area contributed by atoms with E-state index >= 15 is 0 Å². The molecule has 0 radical (unpaired) electrons. The van der Waals surface area contributed by atoms with Crippen molar-refractivity contribution in [2.45, 2.75) is 25.9 Å². The lowest BCUT2D eigenvalue weighted by molar-refractivity contribution is 0.0774. The van der Waals surface area contributed by atoms with Gasteiger partial charge in [-0.2, -0.15) is 5.10 Å². The lowest BCUT2D eigenvalue weighted by atomic mass is 10.2. The van der Waals surface area contributed by atoms with E-state index in [1.807, 2.05) is 6.07 Å². The zero-order valence-electron chi connectivity index (χ0n) is 13.1. The number of carbonyl (C=O) groups excluding carboxylic acids is 1. The van der Waals surface area contributed by atoms with Gasteiger partial charge in [-0.05, 0) is 25.5 Å². The van der Waals surface area contributed by atoms with Gasteiger partial charge in [-0.3, -0.25) is 9.48 Å². The molecule has 0 N–H and O–H groups in total. The number of nitrogens with zero attached hydrogens (tertiary/aromatic N) is 3. The molecule has 23 heavy (non-hydrogen) atoms. The van der Waals surface area contributed by atoms with E-state index in [0.29, 0.717) is 30.0 Å². The van der Waals surface area contributed by atoms with Gasteiger partial charge in [0.2, 0.25) is 0 Å². The van der Waals surface area contributed by atoms with Gasteiger partial charge in [0.05, 0.1) is 42.1 Å². The SMILES string of the molecule is Cc1c(C(=O)N(C)Cc2ccco2)cnn1C1CCS(=O)(=O)C1. The van der Waals surface area contributed by atoms with Crippen molar-refractivity contribution >= 4 is 15.7 Å². The second-order valence-corrected chi connectivity index (χ2v) is 8.11. The van der Waals surface area contributed by atoms with E-state index in [0.717, 1.165) is 0 Å². The summed E-state index contributed by atoms with van der Waals surface area (Å²) in [5.74, 6) is 0.808. The summed E-state index contributed by atoms with van der Waals surface area (Å²) in [6, 6.07) is 3.40. The Morgan fingerprint density at radius 2 is 2.30 bits per heavy atom. The number of furan rings is 1. The van der Waals surface area contributed by atoms with Crippen LogP contribution in [0.4, 0.5) is 0 Å². The standard InChI is InChI=1S/C15H19N3O4S/c1-11-14(15(19)17(2)9-13-4-3-6-22-13)8-16-18(11)12-5-7-23(20,21)10-12/h3-4,6,8,12H,5,7,9-10H2,1-2H3. The summed E-state index contributed by atoms with van der Waals surface area (Å²) in [6.45, 7) is 2.17. The van der Waals surface area contributed by atoms with Crippen molar-refractivity contribution in [3.63, 3.8) is 0 Å². The van der Waals surface area contributed by atoms with Gasteiger partial charge in [-0.1, -0.05) is 0 Å². The molecule has 1 unspecified atom stereocenters. The van der Waals surface area contributed by atoms with E-state index in [-0.39, 0.29) is 23.5 Å². The lowest BCUT2D eigenvalue weighted by Gasteiger charge is -2.16. The van der Waals surface area contributed by atoms with Gasteiger partial charge < -0.3 is 9.32 Å². The van der Waals surface area contributed by atoms with Crippen LogP contribution in [0.3, 0.4) is 0 Å². The number of aromatic nitrogens is 2. The molecule has 7 nitrogen and oxygen atoms in total. The van der Waals surface area contributed by atoms with Crippen LogP contribution in [0, 0.1) is 6.92 Å². The van der Waals surface area contributed by atoms with Gasteiger partial charge in [0.25, 0.3) is 5.91 Å². The number of rotatable bonds is 4. The highest BCUT2D eigenvalue weighted by Gasteiger charge is 2.31. The van der Waals surface area contributed by atoms with Crippen LogP contribution < -0.4 is 0 Å². The Morgan fingerprint density at radius 1 is 1.52 bits per heavy atom. The zero-order chi connectivity index (χ0) is 16.6. The third-order valence-corrected chi connectivity index (χ3v) is 5.90. The molecule has 1 saturated heterocycles. The Morgan fingerprint density at radius 3 is 2.91 bits per heavy atom. The molecule has 0 bridgehead atoms. The predicted molar refractivity (Wildman–Crippen MR) is 83.8 cm³/mol. The molecule has 124 valence electrons. The first-order valence-electron chi connectivity index (χ1n) is 7.40. The topological polar surface area (TPSA) is 85.4 Å². The molecule has 1 aliphatic rings. The van der Waals surface area contributed by atoms with Crippen molar-refractivity contribution in [1.82, 2.24) is 14.7 Å². The van der Waals surface area contributed by atoms with E-state index in [1.165, 1.54) is 6.20 Å². The summed E-state index contributed by atoms with van der Waals surface area (Å²) in [4.78, 5) is 14.1. The van der Waals surface area contributed by atoms with Gasteiger partial charge >= 0.3 is 0 Å². The molecule has 1 amide bonds. The van der Waals surface area contributed by atoms with E-state index in [9.17, 15) is 13.2 Å². The van der Waals surface area contributed by atoms with Crippen LogP contribution in [0.1, 0.15) is 34.3 Å². The quantitative estimate of drug-likeness (QED) is 0.842. The van der Waals surface area contributed by atoms with E-state index in [2.05, 4.69) is 5.10 Å². The van der Waals surface area contributed by atoms with Gasteiger partial charge in [0, 0.05) is 12.7 Å². The van der Waals surface area contributed by atoms with Gasteiger partial charge in [0.15, 0.2) is 9.84 Å². The average molecular weight is 337 g/mol. The van der Waals surface area contributed by atoms with Crippen LogP contribution in [-0.2, 0) is 16.4 Å². The molecule has 3 heterocycles. The van der Waals surface area contributed by atoms with Crippen molar-refractivity contribution in [3.8, 4) is 0 Å². The van der Waals surface area contributed by atoms with Crippen LogP contribution in [-0.4, -0.2) is 47.6 Å². The third-order valence-electron chi connectivity index (χ3n) is 4.15. The summed E-state index contributed by atoms with van der Waals surface area (Å²) in [5.41, 5.74) is 1.19. The van der Waals surface area contributed by atoms with Crippen LogP contribution in [0.25, 0.3) is 0 Å². The van der Waals surface area contributed by atoms with Gasteiger partial charge in [-0.25, -0.2) is 8.42 Å². The minimum atomic E-state index is -2.99. The van der Waals surface area contributed by atoms with Crippen LogP contribution in [0.15, 0.2) is 29.0 Å². The molecular weight excluding hydrogens is 318 g/mol. The Balaban J connectivity index is 1.77. The Hall–Kier alpha value is -2.09. The largest absolute Gasteiger partial charge is 0.467 e. The minimum absolute atomic E-state index is 0.0887. The molecule has 1 atom stereocenters. The summed E-state index contributed by atoms with van der Waals surface area (Å²) in [6.07, 6.45) is 3.62. The molecule has 0 saturated carbocycles. The third kappa shape index (κ3) is 3.17. The van der Waals surface area contributed by atoms with Crippen molar-refractivity contribution in [2.24, 2.45) is 0 Å². The Kier molecular flexibility index (Phi) is 4.01. The predicted octanol–water partition coefficient (Wildman–Crippen LogP) is 1.42. The lowest BCUT2D eigenvalue weighted by Crippen LogP contribution is -2.26. The summed E-state index contributed by atoms with van der Waals surface area (Å²) < 4.78 is 30.2. The van der Waals surface area contributed by atoms with Crippen molar-refractivity contribution in [1.29, 1.82) is 0 Å². The van der Waals surface area contributed by atoms with E-state index in [4.69, 9.17) is 4.42 Å². The molecule has 0 aliphatic carbocycles. The number of sulfone groups is 1. The van der Waals surface area contributed by atoms with E-state index < -0.39 is 9.84 Å². The molecule has 2 aromatic rings. The van der Waals surface area contributed by atoms with Crippen molar-refractivity contribution in [3.05, 3.63) is 41.6 Å². The average Bonchev–Trinajstić information content (AvgIpc) is 3.19. The van der Waals surface area contributed by atoms with Crippen LogP contribution >= 0.6 is 0 Å². The first-order chi connectivity index (χ1) is 10.9. The molecule has 1 aliphatic heterocycles. The van der Waals surface area contributed by atoms with Gasteiger partial charge in [0.1, 0.15) is 5.76 Å². The van der Waals surface area contributed by atoms with Crippen LogP contribution in [0.5, 0.6) is 0 Å². The smallest absolute Gasteiger partial charge is 0.257 e. The zero-order valence-corrected chi connectivity index (χ0v) is 13.9. The summed E-state index contributed by atoms with van der Waals surface area (Å²) in [5, 5.41) is 4.25. The summed E-state index contributed by atoms with van der Waals surface area (Å²) >= 11 is 0. The normalized spacial score (nSPS) is 19.8. The second kappa shape index (κ2) is 5.84. The maximum atomic E-state index is 12.6. The molecule has 1 fully saturated rings. The Bertz CT molecular complexity index is 808. The monoisotopic (exact) mass is 337 g/mol. The highest BCUT2D eigenvalue weighted by Crippen LogP contribution is 2.25. The second-order valence-electron chi connectivity index (χ2n) is 5.89. The molecule has 0 aromatic carbocycles. The highest BCUT2D eigenvalue weighted by molar-refractivity contribution is 7.91. The first-order valence-corrected chi connectivity index (χ1v) is 9.22. The number of hydrogen-bond acceptors (Lipinski definition) is 5. The summed E-state index contributed by atoms with van der Waals surface area (Å²) in [7, 11) is -1.29. The molecular formula is C15H19N3O4S. The fraction of sp³-hybridized carbons (Fsp3) is 0.467. The molecule has 8 heteroatoms. The maximum Gasteiger partial charge on any atom is 0.257 e. The fourth-order valence-electron chi connectivity index (χ4n) is 2.88. The van der Waals surface area contributed by atoms with E-state index in [1.54, 1.807) is 35.9 Å². The first kappa shape index (κ1) is 15.8. The molecule has 3 rings (SSSR count). The number of carbonyl (C=O) groups is 1. The number of hydrogen-bond donors (Lipinski definition) is 0. The molecule has 0 spiro atoms. The minimum Gasteiger partial charge on any atom is -0.467 e. The maximum absolute atomic E-state index is 12.6. The Labute approximate surface area is 134 Å². The van der Waals surface area contributed by atoms with Crippen molar-refractivity contribution < 1.29 is 17.6 Å². The molecule has 2 aromatic heterocycles. The van der Waals surface area contributed by atoms with Crippen LogP contribution in [0.2, 0.25) is 0 Å². The van der Waals surface area contributed by atoms with Crippen molar-refractivity contribution in [2.75, 3.05) is 18.6 Å². The highest BCUT2D eigenvalue weighted by atomic mass is 32.2.